The number of hydrogen-bond donors (Lipinski definition) is 0. The van der Waals surface area contributed by atoms with Gasteiger partial charge in [0.15, 0.2) is 0 Å². The van der Waals surface area contributed by atoms with E-state index in [0.717, 1.165) is 24.5 Å². The van der Waals surface area contributed by atoms with Crippen LogP contribution in [0.4, 0.5) is 0 Å². The fourth-order valence-corrected chi connectivity index (χ4v) is 2.17. The van der Waals surface area contributed by atoms with Crippen LogP contribution < -0.4 is 0 Å². The SMILES string of the molecule is C=CC=C.CN1CCc2ccc(Cl)cc2C1.c1ccncc1. The molecule has 0 aliphatic carbocycles. The number of halogens is 1. The number of aromatic nitrogens is 1. The highest BCUT2D eigenvalue weighted by atomic mass is 35.5. The Morgan fingerprint density at radius 1 is 1.09 bits per heavy atom. The van der Waals surface area contributed by atoms with E-state index in [0.29, 0.717) is 0 Å². The first-order valence-electron chi connectivity index (χ1n) is 7.21. The predicted octanol–water partition coefficient (Wildman–Crippen LogP) is 4.77. The first-order chi connectivity index (χ1) is 10.7. The van der Waals surface area contributed by atoms with Gasteiger partial charge in [0.2, 0.25) is 0 Å². The van der Waals surface area contributed by atoms with E-state index in [4.69, 9.17) is 11.6 Å². The van der Waals surface area contributed by atoms with E-state index in [2.05, 4.69) is 42.2 Å². The molecule has 2 aromatic rings. The van der Waals surface area contributed by atoms with Crippen molar-refractivity contribution in [2.24, 2.45) is 0 Å². The minimum absolute atomic E-state index is 0.851. The molecule has 1 aliphatic heterocycles. The van der Waals surface area contributed by atoms with Gasteiger partial charge in [0, 0.05) is 30.5 Å². The standard InChI is InChI=1S/C10H12ClN.C5H5N.C4H6/c1-12-5-4-8-2-3-10(11)6-9(8)7-12;1-2-4-6-5-3-1;1-3-4-2/h2-3,6H,4-5,7H2,1H3;1-5H;3-4H,1-2H2. The Bertz CT molecular complexity index is 534. The van der Waals surface area contributed by atoms with Crippen molar-refractivity contribution in [1.29, 1.82) is 0 Å². The molecule has 0 unspecified atom stereocenters. The van der Waals surface area contributed by atoms with Gasteiger partial charge in [-0.1, -0.05) is 49.0 Å². The lowest BCUT2D eigenvalue weighted by Crippen LogP contribution is -2.26. The smallest absolute Gasteiger partial charge is 0.0409 e. The van der Waals surface area contributed by atoms with Gasteiger partial charge >= 0.3 is 0 Å². The summed E-state index contributed by atoms with van der Waals surface area (Å²) in [6.45, 7) is 8.92. The normalized spacial score (nSPS) is 12.6. The topological polar surface area (TPSA) is 16.1 Å². The zero-order valence-corrected chi connectivity index (χ0v) is 13.8. The van der Waals surface area contributed by atoms with Gasteiger partial charge in [-0.3, -0.25) is 4.98 Å². The van der Waals surface area contributed by atoms with Crippen LogP contribution >= 0.6 is 11.6 Å². The van der Waals surface area contributed by atoms with E-state index in [-0.39, 0.29) is 0 Å². The van der Waals surface area contributed by atoms with Crippen LogP contribution in [0.1, 0.15) is 11.1 Å². The molecule has 116 valence electrons. The van der Waals surface area contributed by atoms with Crippen molar-refractivity contribution >= 4 is 11.6 Å². The second-order valence-electron chi connectivity index (χ2n) is 4.90. The summed E-state index contributed by atoms with van der Waals surface area (Å²) >= 11 is 5.91. The highest BCUT2D eigenvalue weighted by Crippen LogP contribution is 2.21. The van der Waals surface area contributed by atoms with Gasteiger partial charge in [-0.25, -0.2) is 0 Å². The van der Waals surface area contributed by atoms with Crippen molar-refractivity contribution in [1.82, 2.24) is 9.88 Å². The van der Waals surface area contributed by atoms with E-state index in [9.17, 15) is 0 Å². The van der Waals surface area contributed by atoms with Crippen LogP contribution in [-0.2, 0) is 13.0 Å². The van der Waals surface area contributed by atoms with Crippen LogP contribution in [0.3, 0.4) is 0 Å². The summed E-state index contributed by atoms with van der Waals surface area (Å²) in [5.74, 6) is 0. The quantitative estimate of drug-likeness (QED) is 0.705. The van der Waals surface area contributed by atoms with E-state index < -0.39 is 0 Å². The van der Waals surface area contributed by atoms with Crippen molar-refractivity contribution in [3.8, 4) is 0 Å². The minimum atomic E-state index is 0.851. The molecule has 0 amide bonds. The average molecular weight is 315 g/mol. The lowest BCUT2D eigenvalue weighted by molar-refractivity contribution is 0.313. The lowest BCUT2D eigenvalue weighted by atomic mass is 10.0. The third-order valence-corrected chi connectivity index (χ3v) is 3.34. The molecular formula is C19H23ClN2. The third kappa shape index (κ3) is 7.21. The van der Waals surface area contributed by atoms with Crippen LogP contribution in [0.15, 0.2) is 74.1 Å². The third-order valence-electron chi connectivity index (χ3n) is 3.10. The molecule has 0 bridgehead atoms. The molecule has 0 radical (unpaired) electrons. The molecule has 2 nitrogen and oxygen atoms in total. The number of allylic oxidation sites excluding steroid dienone is 2. The van der Waals surface area contributed by atoms with Gasteiger partial charge in [0.25, 0.3) is 0 Å². The maximum atomic E-state index is 5.91. The van der Waals surface area contributed by atoms with Crippen LogP contribution in [0.5, 0.6) is 0 Å². The van der Waals surface area contributed by atoms with Crippen LogP contribution in [-0.4, -0.2) is 23.5 Å². The summed E-state index contributed by atoms with van der Waals surface area (Å²) < 4.78 is 0. The van der Waals surface area contributed by atoms with Gasteiger partial charge in [-0.05, 0) is 48.9 Å². The molecule has 1 aliphatic rings. The molecule has 0 saturated heterocycles. The molecule has 2 heterocycles. The van der Waals surface area contributed by atoms with Crippen molar-refractivity contribution in [2.75, 3.05) is 13.6 Å². The van der Waals surface area contributed by atoms with E-state index in [1.54, 1.807) is 24.5 Å². The molecule has 3 heteroatoms. The van der Waals surface area contributed by atoms with Gasteiger partial charge in [0.05, 0.1) is 0 Å². The van der Waals surface area contributed by atoms with Crippen molar-refractivity contribution < 1.29 is 0 Å². The fourth-order valence-electron chi connectivity index (χ4n) is 1.98. The highest BCUT2D eigenvalue weighted by Gasteiger charge is 2.12. The molecule has 22 heavy (non-hydrogen) atoms. The first kappa shape index (κ1) is 18.1. The molecule has 0 spiro atoms. The predicted molar refractivity (Wildman–Crippen MR) is 96.1 cm³/mol. The Morgan fingerprint density at radius 2 is 1.77 bits per heavy atom. The van der Waals surface area contributed by atoms with E-state index >= 15 is 0 Å². The van der Waals surface area contributed by atoms with Crippen LogP contribution in [0.25, 0.3) is 0 Å². The first-order valence-corrected chi connectivity index (χ1v) is 7.59. The van der Waals surface area contributed by atoms with Gasteiger partial charge < -0.3 is 4.90 Å². The Balaban J connectivity index is 0.000000203. The zero-order chi connectivity index (χ0) is 16.2. The molecule has 0 saturated carbocycles. The maximum Gasteiger partial charge on any atom is 0.0409 e. The maximum absolute atomic E-state index is 5.91. The number of nitrogens with zero attached hydrogens (tertiary/aromatic N) is 2. The molecule has 0 fully saturated rings. The second kappa shape index (κ2) is 10.8. The van der Waals surface area contributed by atoms with Gasteiger partial charge in [-0.2, -0.15) is 0 Å². The Labute approximate surface area is 138 Å². The van der Waals surface area contributed by atoms with E-state index in [1.165, 1.54) is 11.1 Å². The van der Waals surface area contributed by atoms with Crippen molar-refractivity contribution in [3.63, 3.8) is 0 Å². The number of fused-ring (bicyclic) bond motifs is 1. The molecule has 0 N–H and O–H groups in total. The van der Waals surface area contributed by atoms with Crippen molar-refractivity contribution in [3.05, 3.63) is 90.3 Å². The van der Waals surface area contributed by atoms with Gasteiger partial charge in [-0.15, -0.1) is 0 Å². The number of pyridine rings is 1. The molecule has 0 atom stereocenters. The van der Waals surface area contributed by atoms with E-state index in [1.807, 2.05) is 24.3 Å². The van der Waals surface area contributed by atoms with Crippen molar-refractivity contribution in [2.45, 2.75) is 13.0 Å². The number of benzene rings is 1. The second-order valence-corrected chi connectivity index (χ2v) is 5.33. The summed E-state index contributed by atoms with van der Waals surface area (Å²) in [5.41, 5.74) is 2.84. The largest absolute Gasteiger partial charge is 0.302 e. The lowest BCUT2D eigenvalue weighted by Gasteiger charge is -2.24. The highest BCUT2D eigenvalue weighted by molar-refractivity contribution is 6.30. The minimum Gasteiger partial charge on any atom is -0.302 e. The fraction of sp³-hybridized carbons (Fsp3) is 0.211. The summed E-state index contributed by atoms with van der Waals surface area (Å²) in [6, 6.07) is 11.9. The molecular weight excluding hydrogens is 292 g/mol. The summed E-state index contributed by atoms with van der Waals surface area (Å²) in [7, 11) is 2.14. The average Bonchev–Trinajstić information content (AvgIpc) is 2.57. The molecule has 1 aromatic carbocycles. The zero-order valence-electron chi connectivity index (χ0n) is 13.1. The number of likely N-dealkylation sites (N-methyl/N-ethyl adjacent to an activating group) is 1. The summed E-state index contributed by atoms with van der Waals surface area (Å²) in [5, 5.41) is 0.851. The Kier molecular flexibility index (Phi) is 8.89. The van der Waals surface area contributed by atoms with Crippen LogP contribution in [0, 0.1) is 0 Å². The van der Waals surface area contributed by atoms with Gasteiger partial charge in [0.1, 0.15) is 0 Å². The van der Waals surface area contributed by atoms with Crippen LogP contribution in [0.2, 0.25) is 5.02 Å². The number of hydrogen-bond acceptors (Lipinski definition) is 2. The monoisotopic (exact) mass is 314 g/mol. The summed E-state index contributed by atoms with van der Waals surface area (Å²) in [6.07, 6.45) is 7.93. The number of rotatable bonds is 1. The molecule has 1 aromatic heterocycles. The Morgan fingerprint density at radius 3 is 2.27 bits per heavy atom. The Hall–Kier alpha value is -1.90. The summed E-state index contributed by atoms with van der Waals surface area (Å²) in [4.78, 5) is 6.10. The molecule has 3 rings (SSSR count).